The van der Waals surface area contributed by atoms with Gasteiger partial charge in [-0.2, -0.15) is 0 Å². The summed E-state index contributed by atoms with van der Waals surface area (Å²) in [6.45, 7) is 0.414. The molecule has 1 unspecified atom stereocenters. The van der Waals surface area contributed by atoms with Gasteiger partial charge in [-0.3, -0.25) is 19.7 Å². The van der Waals surface area contributed by atoms with Crippen molar-refractivity contribution in [2.24, 2.45) is 0 Å². The van der Waals surface area contributed by atoms with E-state index in [-0.39, 0.29) is 28.2 Å². The number of benzene rings is 1. The molecule has 21 heavy (non-hydrogen) atoms. The predicted molar refractivity (Wildman–Crippen MR) is 76.2 cm³/mol. The zero-order valence-electron chi connectivity index (χ0n) is 11.3. The number of halogens is 1. The molecule has 0 radical (unpaired) electrons. The normalized spacial score (nSPS) is 18.5. The van der Waals surface area contributed by atoms with Crippen LogP contribution in [0.2, 0.25) is 5.02 Å². The highest BCUT2D eigenvalue weighted by Gasteiger charge is 2.25. The first-order valence-electron chi connectivity index (χ1n) is 6.37. The van der Waals surface area contributed by atoms with Gasteiger partial charge >= 0.3 is 0 Å². The number of piperidine rings is 1. The van der Waals surface area contributed by atoms with Crippen molar-refractivity contribution in [1.82, 2.24) is 10.2 Å². The molecule has 0 spiro atoms. The minimum Gasteiger partial charge on any atom is -0.347 e. The minimum atomic E-state index is -0.583. The monoisotopic (exact) mass is 311 g/mol. The molecule has 8 heteroatoms. The molecule has 0 saturated carbocycles. The average molecular weight is 312 g/mol. The van der Waals surface area contributed by atoms with Crippen molar-refractivity contribution in [3.8, 4) is 0 Å². The Morgan fingerprint density at radius 2 is 2.24 bits per heavy atom. The Labute approximate surface area is 126 Å². The Bertz CT molecular complexity index is 605. The van der Waals surface area contributed by atoms with E-state index >= 15 is 0 Å². The van der Waals surface area contributed by atoms with Gasteiger partial charge in [0.05, 0.1) is 15.5 Å². The Morgan fingerprint density at radius 3 is 2.86 bits per heavy atom. The van der Waals surface area contributed by atoms with Crippen LogP contribution in [0.25, 0.3) is 0 Å². The third-order valence-electron chi connectivity index (χ3n) is 3.37. The topological polar surface area (TPSA) is 92.6 Å². The first kappa shape index (κ1) is 15.2. The van der Waals surface area contributed by atoms with Crippen LogP contribution in [-0.2, 0) is 4.79 Å². The van der Waals surface area contributed by atoms with Crippen LogP contribution in [0.1, 0.15) is 23.2 Å². The van der Waals surface area contributed by atoms with Gasteiger partial charge in [0.1, 0.15) is 0 Å². The summed E-state index contributed by atoms with van der Waals surface area (Å²) in [5.74, 6) is -0.440. The lowest BCUT2D eigenvalue weighted by Gasteiger charge is -2.30. The fraction of sp³-hybridized carbons (Fsp3) is 0.385. The molecule has 1 atom stereocenters. The number of nitrogens with zero attached hydrogens (tertiary/aromatic N) is 2. The van der Waals surface area contributed by atoms with Crippen molar-refractivity contribution in [2.75, 3.05) is 13.6 Å². The van der Waals surface area contributed by atoms with Crippen molar-refractivity contribution >= 4 is 29.1 Å². The average Bonchev–Trinajstić information content (AvgIpc) is 2.43. The first-order chi connectivity index (χ1) is 9.88. The molecule has 1 aromatic carbocycles. The van der Waals surface area contributed by atoms with Gasteiger partial charge in [0.2, 0.25) is 5.91 Å². The molecule has 0 aliphatic carbocycles. The summed E-state index contributed by atoms with van der Waals surface area (Å²) < 4.78 is 0. The smallest absolute Gasteiger partial charge is 0.270 e. The molecule has 1 aliphatic heterocycles. The maximum atomic E-state index is 12.2. The Hall–Kier alpha value is -2.15. The summed E-state index contributed by atoms with van der Waals surface area (Å²) in [6, 6.07) is 3.53. The summed E-state index contributed by atoms with van der Waals surface area (Å²) in [6.07, 6.45) is 0.908. The summed E-state index contributed by atoms with van der Waals surface area (Å²) in [5.41, 5.74) is -0.133. The van der Waals surface area contributed by atoms with E-state index in [1.165, 1.54) is 12.1 Å². The molecule has 112 valence electrons. The van der Waals surface area contributed by atoms with Gasteiger partial charge in [-0.05, 0) is 12.5 Å². The second-order valence-electron chi connectivity index (χ2n) is 4.90. The predicted octanol–water partition coefficient (Wildman–Crippen LogP) is 1.60. The number of carbonyl (C=O) groups excluding carboxylic acids is 2. The van der Waals surface area contributed by atoms with E-state index in [2.05, 4.69) is 5.32 Å². The van der Waals surface area contributed by atoms with Crippen LogP contribution in [0.5, 0.6) is 0 Å². The molecular weight excluding hydrogens is 298 g/mol. The van der Waals surface area contributed by atoms with E-state index in [9.17, 15) is 19.7 Å². The molecular formula is C13H14ClN3O4. The van der Waals surface area contributed by atoms with Crippen LogP contribution in [0.3, 0.4) is 0 Å². The second kappa shape index (κ2) is 6.09. The maximum Gasteiger partial charge on any atom is 0.270 e. The fourth-order valence-corrected chi connectivity index (χ4v) is 2.40. The van der Waals surface area contributed by atoms with E-state index in [0.717, 1.165) is 6.07 Å². The van der Waals surface area contributed by atoms with Gasteiger partial charge < -0.3 is 10.2 Å². The van der Waals surface area contributed by atoms with Crippen LogP contribution >= 0.6 is 11.6 Å². The van der Waals surface area contributed by atoms with Gasteiger partial charge in [-0.1, -0.05) is 11.6 Å². The summed E-state index contributed by atoms with van der Waals surface area (Å²) in [7, 11) is 1.67. The van der Waals surface area contributed by atoms with E-state index < -0.39 is 10.8 Å². The van der Waals surface area contributed by atoms with Crippen molar-refractivity contribution < 1.29 is 14.5 Å². The van der Waals surface area contributed by atoms with Crippen LogP contribution in [0, 0.1) is 10.1 Å². The summed E-state index contributed by atoms with van der Waals surface area (Å²) in [4.78, 5) is 35.3. The molecule has 7 nitrogen and oxygen atoms in total. The molecule has 1 saturated heterocycles. The molecule has 1 heterocycles. The highest BCUT2D eigenvalue weighted by Crippen LogP contribution is 2.22. The number of likely N-dealkylation sites (tertiary alicyclic amines) is 1. The van der Waals surface area contributed by atoms with Crippen molar-refractivity contribution in [3.63, 3.8) is 0 Å². The number of amides is 2. The van der Waals surface area contributed by atoms with Crippen molar-refractivity contribution in [2.45, 2.75) is 18.9 Å². The second-order valence-corrected chi connectivity index (χ2v) is 5.31. The van der Waals surface area contributed by atoms with E-state index in [0.29, 0.717) is 19.4 Å². The number of hydrogen-bond donors (Lipinski definition) is 1. The Balaban J connectivity index is 2.11. The van der Waals surface area contributed by atoms with Gasteiger partial charge in [0, 0.05) is 38.2 Å². The van der Waals surface area contributed by atoms with E-state index in [1.807, 2.05) is 0 Å². The quantitative estimate of drug-likeness (QED) is 0.678. The van der Waals surface area contributed by atoms with Gasteiger partial charge in [0.25, 0.3) is 11.6 Å². The van der Waals surface area contributed by atoms with Gasteiger partial charge in [0.15, 0.2) is 0 Å². The number of nitrogens with one attached hydrogen (secondary N) is 1. The minimum absolute atomic E-state index is 0.0360. The lowest BCUT2D eigenvalue weighted by Crippen LogP contribution is -2.48. The Kier molecular flexibility index (Phi) is 4.42. The number of hydrogen-bond acceptors (Lipinski definition) is 4. The zero-order valence-corrected chi connectivity index (χ0v) is 12.1. The largest absolute Gasteiger partial charge is 0.347 e. The lowest BCUT2D eigenvalue weighted by atomic mass is 10.0. The zero-order chi connectivity index (χ0) is 15.6. The van der Waals surface area contributed by atoms with Crippen LogP contribution in [-0.4, -0.2) is 41.3 Å². The number of likely N-dealkylation sites (N-methyl/N-ethyl adjacent to an activating group) is 1. The van der Waals surface area contributed by atoms with E-state index in [1.54, 1.807) is 11.9 Å². The summed E-state index contributed by atoms with van der Waals surface area (Å²) >= 11 is 5.92. The highest BCUT2D eigenvalue weighted by molar-refractivity contribution is 6.34. The number of carbonyl (C=O) groups is 2. The maximum absolute atomic E-state index is 12.2. The highest BCUT2D eigenvalue weighted by atomic mass is 35.5. The Morgan fingerprint density at radius 1 is 1.52 bits per heavy atom. The number of nitro groups is 1. The van der Waals surface area contributed by atoms with Crippen LogP contribution < -0.4 is 5.32 Å². The van der Waals surface area contributed by atoms with E-state index in [4.69, 9.17) is 11.6 Å². The van der Waals surface area contributed by atoms with Gasteiger partial charge in [-0.15, -0.1) is 0 Å². The molecule has 1 fully saturated rings. The van der Waals surface area contributed by atoms with Crippen LogP contribution in [0.4, 0.5) is 5.69 Å². The van der Waals surface area contributed by atoms with Crippen molar-refractivity contribution in [1.29, 1.82) is 0 Å². The lowest BCUT2D eigenvalue weighted by molar-refractivity contribution is -0.384. The summed E-state index contributed by atoms with van der Waals surface area (Å²) in [5, 5.41) is 13.6. The molecule has 0 bridgehead atoms. The molecule has 0 aromatic heterocycles. The van der Waals surface area contributed by atoms with Crippen LogP contribution in [0.15, 0.2) is 18.2 Å². The molecule has 1 aliphatic rings. The van der Waals surface area contributed by atoms with Gasteiger partial charge in [-0.25, -0.2) is 0 Å². The van der Waals surface area contributed by atoms with Crippen molar-refractivity contribution in [3.05, 3.63) is 38.9 Å². The number of rotatable bonds is 3. The molecule has 1 aromatic rings. The number of nitro benzene ring substituents is 1. The fourth-order valence-electron chi connectivity index (χ4n) is 2.19. The molecule has 1 N–H and O–H groups in total. The SMILES string of the molecule is CN1CC(NC(=O)c2cc([N+](=O)[O-])ccc2Cl)CCC1=O. The molecule has 2 amide bonds. The standard InChI is InChI=1S/C13H14ClN3O4/c1-16-7-8(2-5-12(16)18)15-13(19)10-6-9(17(20)21)3-4-11(10)14/h3-4,6,8H,2,5,7H2,1H3,(H,15,19). The third-order valence-corrected chi connectivity index (χ3v) is 3.70. The third kappa shape index (κ3) is 3.49. The first-order valence-corrected chi connectivity index (χ1v) is 6.75. The number of non-ortho nitro benzene ring substituents is 1. The molecule has 2 rings (SSSR count).